The standard InChI is InChI=1S/C10H10N6O/c17-10(7-11-1-2-12-7,8-13-3-4-14-8)9-15-5-6-16-9/h1-6,17H,(H,11,12)(H,13,14)(H,15,16). The van der Waals surface area contributed by atoms with Crippen molar-refractivity contribution in [3.8, 4) is 0 Å². The lowest BCUT2D eigenvalue weighted by molar-refractivity contribution is 0.0985. The first kappa shape index (κ1) is 9.79. The Morgan fingerprint density at radius 3 is 1.35 bits per heavy atom. The van der Waals surface area contributed by atoms with Crippen LogP contribution >= 0.6 is 0 Å². The van der Waals surface area contributed by atoms with E-state index in [0.717, 1.165) is 0 Å². The van der Waals surface area contributed by atoms with Crippen LogP contribution in [0.2, 0.25) is 0 Å². The number of rotatable bonds is 3. The van der Waals surface area contributed by atoms with Crippen molar-refractivity contribution in [1.29, 1.82) is 0 Å². The Morgan fingerprint density at radius 2 is 1.12 bits per heavy atom. The lowest BCUT2D eigenvalue weighted by Crippen LogP contribution is -2.33. The fourth-order valence-electron chi connectivity index (χ4n) is 1.73. The Balaban J connectivity index is 2.21. The van der Waals surface area contributed by atoms with Crippen LogP contribution in [-0.2, 0) is 5.60 Å². The molecule has 0 aromatic carbocycles. The van der Waals surface area contributed by atoms with Gasteiger partial charge in [-0.1, -0.05) is 0 Å². The maximum atomic E-state index is 10.8. The van der Waals surface area contributed by atoms with Crippen molar-refractivity contribution in [2.75, 3.05) is 0 Å². The summed E-state index contributed by atoms with van der Waals surface area (Å²) in [6.45, 7) is 0. The third-order valence-electron chi connectivity index (χ3n) is 2.52. The summed E-state index contributed by atoms with van der Waals surface area (Å²) in [6.07, 6.45) is 9.58. The van der Waals surface area contributed by atoms with Gasteiger partial charge in [0, 0.05) is 37.2 Å². The van der Waals surface area contributed by atoms with E-state index in [9.17, 15) is 5.11 Å². The van der Waals surface area contributed by atoms with Gasteiger partial charge in [-0.05, 0) is 0 Å². The van der Waals surface area contributed by atoms with Gasteiger partial charge in [0.15, 0.2) is 17.5 Å². The normalized spacial score (nSPS) is 11.8. The van der Waals surface area contributed by atoms with Crippen LogP contribution in [-0.4, -0.2) is 35.0 Å². The van der Waals surface area contributed by atoms with Crippen LogP contribution in [0.25, 0.3) is 0 Å². The summed E-state index contributed by atoms with van der Waals surface area (Å²) in [7, 11) is 0. The Labute approximate surface area is 96.0 Å². The van der Waals surface area contributed by atoms with Crippen molar-refractivity contribution in [1.82, 2.24) is 29.9 Å². The number of nitrogens with one attached hydrogen (secondary N) is 3. The van der Waals surface area contributed by atoms with Gasteiger partial charge >= 0.3 is 0 Å². The number of hydrogen-bond acceptors (Lipinski definition) is 4. The maximum Gasteiger partial charge on any atom is 0.238 e. The number of hydrogen-bond donors (Lipinski definition) is 4. The van der Waals surface area contributed by atoms with E-state index in [1.165, 1.54) is 0 Å². The molecule has 3 rings (SSSR count). The lowest BCUT2D eigenvalue weighted by atomic mass is 10.0. The molecule has 3 aromatic heterocycles. The molecule has 0 unspecified atom stereocenters. The maximum absolute atomic E-state index is 10.8. The molecule has 0 amide bonds. The zero-order valence-electron chi connectivity index (χ0n) is 8.75. The van der Waals surface area contributed by atoms with Crippen molar-refractivity contribution in [2.24, 2.45) is 0 Å². The van der Waals surface area contributed by atoms with Crippen molar-refractivity contribution in [2.45, 2.75) is 5.60 Å². The zero-order valence-corrected chi connectivity index (χ0v) is 8.75. The van der Waals surface area contributed by atoms with E-state index >= 15 is 0 Å². The highest BCUT2D eigenvalue weighted by molar-refractivity contribution is 5.28. The second kappa shape index (κ2) is 3.56. The Bertz CT molecular complexity index is 484. The summed E-state index contributed by atoms with van der Waals surface area (Å²) in [5.41, 5.74) is -1.53. The zero-order chi connectivity index (χ0) is 11.7. The first-order chi connectivity index (χ1) is 8.32. The van der Waals surface area contributed by atoms with Gasteiger partial charge < -0.3 is 20.1 Å². The molecular weight excluding hydrogens is 220 g/mol. The van der Waals surface area contributed by atoms with Crippen molar-refractivity contribution >= 4 is 0 Å². The van der Waals surface area contributed by atoms with E-state index in [1.807, 2.05) is 0 Å². The highest BCUT2D eigenvalue weighted by Gasteiger charge is 2.41. The number of aliphatic hydroxyl groups is 1. The van der Waals surface area contributed by atoms with Crippen molar-refractivity contribution in [3.63, 3.8) is 0 Å². The lowest BCUT2D eigenvalue weighted by Gasteiger charge is -2.21. The Morgan fingerprint density at radius 1 is 0.765 bits per heavy atom. The molecule has 17 heavy (non-hydrogen) atoms. The predicted molar refractivity (Wildman–Crippen MR) is 57.9 cm³/mol. The quantitative estimate of drug-likeness (QED) is 0.513. The highest BCUT2D eigenvalue weighted by Crippen LogP contribution is 2.29. The molecule has 4 N–H and O–H groups in total. The molecule has 0 aliphatic rings. The summed E-state index contributed by atoms with van der Waals surface area (Å²) in [5, 5.41) is 10.8. The summed E-state index contributed by atoms with van der Waals surface area (Å²) < 4.78 is 0. The first-order valence-corrected chi connectivity index (χ1v) is 5.04. The molecular formula is C10H10N6O. The van der Waals surface area contributed by atoms with Crippen LogP contribution in [0.3, 0.4) is 0 Å². The summed E-state index contributed by atoms with van der Waals surface area (Å²) in [6, 6.07) is 0. The van der Waals surface area contributed by atoms with Crippen LogP contribution in [0, 0.1) is 0 Å². The minimum atomic E-state index is -1.53. The van der Waals surface area contributed by atoms with Gasteiger partial charge in [-0.3, -0.25) is 0 Å². The van der Waals surface area contributed by atoms with Crippen LogP contribution in [0.1, 0.15) is 17.5 Å². The van der Waals surface area contributed by atoms with E-state index in [-0.39, 0.29) is 0 Å². The van der Waals surface area contributed by atoms with Crippen LogP contribution in [0.15, 0.2) is 37.2 Å². The number of H-pyrrole nitrogens is 3. The second-order valence-corrected chi connectivity index (χ2v) is 3.52. The van der Waals surface area contributed by atoms with Gasteiger partial charge in [0.1, 0.15) is 0 Å². The Kier molecular flexibility index (Phi) is 2.05. The van der Waals surface area contributed by atoms with Gasteiger partial charge in [-0.15, -0.1) is 0 Å². The summed E-state index contributed by atoms with van der Waals surface area (Å²) in [4.78, 5) is 20.8. The highest BCUT2D eigenvalue weighted by atomic mass is 16.3. The average molecular weight is 230 g/mol. The van der Waals surface area contributed by atoms with Gasteiger partial charge in [0.25, 0.3) is 0 Å². The Hall–Kier alpha value is -2.41. The third kappa shape index (κ3) is 1.36. The number of aromatic amines is 3. The van der Waals surface area contributed by atoms with Gasteiger partial charge in [0.05, 0.1) is 0 Å². The molecule has 7 nitrogen and oxygen atoms in total. The van der Waals surface area contributed by atoms with E-state index in [4.69, 9.17) is 0 Å². The smallest absolute Gasteiger partial charge is 0.238 e. The van der Waals surface area contributed by atoms with Crippen LogP contribution in [0.5, 0.6) is 0 Å². The molecule has 86 valence electrons. The van der Waals surface area contributed by atoms with Crippen molar-refractivity contribution < 1.29 is 5.11 Å². The molecule has 0 spiro atoms. The largest absolute Gasteiger partial charge is 0.368 e. The van der Waals surface area contributed by atoms with Crippen LogP contribution in [0.4, 0.5) is 0 Å². The fraction of sp³-hybridized carbons (Fsp3) is 0.100. The van der Waals surface area contributed by atoms with E-state index in [2.05, 4.69) is 29.9 Å². The first-order valence-electron chi connectivity index (χ1n) is 5.04. The predicted octanol–water partition coefficient (Wildman–Crippen LogP) is 0.140. The van der Waals surface area contributed by atoms with Crippen LogP contribution < -0.4 is 0 Å². The van der Waals surface area contributed by atoms with E-state index in [1.54, 1.807) is 37.2 Å². The number of aromatic nitrogens is 6. The van der Waals surface area contributed by atoms with Crippen molar-refractivity contribution in [3.05, 3.63) is 54.7 Å². The monoisotopic (exact) mass is 230 g/mol. The van der Waals surface area contributed by atoms with Gasteiger partial charge in [0.2, 0.25) is 5.60 Å². The molecule has 0 saturated carbocycles. The number of nitrogens with zero attached hydrogens (tertiary/aromatic N) is 3. The molecule has 0 aliphatic heterocycles. The SMILES string of the molecule is OC(c1ncc[nH]1)(c1ncc[nH]1)c1ncc[nH]1. The van der Waals surface area contributed by atoms with Gasteiger partial charge in [-0.25, -0.2) is 15.0 Å². The topological polar surface area (TPSA) is 106 Å². The fourth-order valence-corrected chi connectivity index (χ4v) is 1.73. The summed E-state index contributed by atoms with van der Waals surface area (Å²) in [5.74, 6) is 1.05. The summed E-state index contributed by atoms with van der Waals surface area (Å²) >= 11 is 0. The average Bonchev–Trinajstić information content (AvgIpc) is 3.10. The number of imidazole rings is 3. The second-order valence-electron chi connectivity index (χ2n) is 3.52. The molecule has 0 aliphatic carbocycles. The molecule has 0 radical (unpaired) electrons. The molecule has 3 aromatic rings. The molecule has 0 fully saturated rings. The minimum Gasteiger partial charge on any atom is -0.368 e. The minimum absolute atomic E-state index is 0.349. The van der Waals surface area contributed by atoms with E-state index < -0.39 is 5.60 Å². The van der Waals surface area contributed by atoms with E-state index in [0.29, 0.717) is 17.5 Å². The van der Waals surface area contributed by atoms with Gasteiger partial charge in [-0.2, -0.15) is 0 Å². The molecule has 0 saturated heterocycles. The molecule has 7 heteroatoms. The molecule has 3 heterocycles. The molecule has 0 atom stereocenters. The third-order valence-corrected chi connectivity index (χ3v) is 2.52. The molecule has 0 bridgehead atoms.